The van der Waals surface area contributed by atoms with Crippen LogP contribution in [-0.2, 0) is 23.3 Å². The van der Waals surface area contributed by atoms with Gasteiger partial charge in [0.15, 0.2) is 0 Å². The number of imide groups is 1. The first-order chi connectivity index (χ1) is 17.0. The maximum atomic E-state index is 13.7. The number of hydrogen-bond acceptors (Lipinski definition) is 4. The van der Waals surface area contributed by atoms with Crippen molar-refractivity contribution in [3.05, 3.63) is 77.9 Å². The Morgan fingerprint density at radius 2 is 1.69 bits per heavy atom. The SMILES string of the molecule is COc1ccc2c(c1)CCCC21NC(=O)N(CC(O)Cn2c3ccccc3c3ccccc32)C1=O. The molecule has 3 aromatic carbocycles. The number of hydrogen-bond donors (Lipinski definition) is 2. The topological polar surface area (TPSA) is 83.8 Å². The fourth-order valence-corrected chi connectivity index (χ4v) is 5.82. The number of carbonyl (C=O) groups excluding carboxylic acids is 2. The van der Waals surface area contributed by atoms with E-state index in [4.69, 9.17) is 4.74 Å². The van der Waals surface area contributed by atoms with Gasteiger partial charge in [0.2, 0.25) is 0 Å². The monoisotopic (exact) mass is 469 g/mol. The number of aryl methyl sites for hydroxylation is 1. The van der Waals surface area contributed by atoms with E-state index in [2.05, 4.69) is 22.0 Å². The lowest BCUT2D eigenvalue weighted by Crippen LogP contribution is -2.47. The van der Waals surface area contributed by atoms with Crippen molar-refractivity contribution in [2.75, 3.05) is 13.7 Å². The Morgan fingerprint density at radius 1 is 1.00 bits per heavy atom. The molecule has 1 aliphatic carbocycles. The van der Waals surface area contributed by atoms with Crippen molar-refractivity contribution in [3.63, 3.8) is 0 Å². The second-order valence-electron chi connectivity index (χ2n) is 9.43. The van der Waals surface area contributed by atoms with Gasteiger partial charge in [-0.05, 0) is 54.7 Å². The summed E-state index contributed by atoms with van der Waals surface area (Å²) in [6.45, 7) is 0.199. The summed E-state index contributed by atoms with van der Waals surface area (Å²) >= 11 is 0. The highest BCUT2D eigenvalue weighted by Gasteiger charge is 2.54. The van der Waals surface area contributed by atoms with Crippen molar-refractivity contribution in [1.82, 2.24) is 14.8 Å². The molecule has 6 rings (SSSR count). The Hall–Kier alpha value is -3.84. The van der Waals surface area contributed by atoms with Crippen LogP contribution >= 0.6 is 0 Å². The molecule has 7 heteroatoms. The fourth-order valence-electron chi connectivity index (χ4n) is 5.82. The Balaban J connectivity index is 1.29. The van der Waals surface area contributed by atoms with Crippen LogP contribution in [0.2, 0.25) is 0 Å². The minimum atomic E-state index is -1.08. The Kier molecular flexibility index (Phi) is 5.04. The molecule has 35 heavy (non-hydrogen) atoms. The zero-order valence-electron chi connectivity index (χ0n) is 19.5. The van der Waals surface area contributed by atoms with E-state index >= 15 is 0 Å². The third kappa shape index (κ3) is 3.30. The highest BCUT2D eigenvalue weighted by atomic mass is 16.5. The smallest absolute Gasteiger partial charge is 0.325 e. The van der Waals surface area contributed by atoms with Crippen molar-refractivity contribution in [2.45, 2.75) is 37.5 Å². The molecule has 2 aliphatic rings. The lowest BCUT2D eigenvalue weighted by molar-refractivity contribution is -0.133. The maximum Gasteiger partial charge on any atom is 0.325 e. The molecule has 1 aromatic heterocycles. The molecule has 1 spiro atoms. The van der Waals surface area contributed by atoms with Crippen LogP contribution < -0.4 is 10.1 Å². The number of β-amino-alcohol motifs (C(OH)–C–C–N with tert-alkyl or cyclic N) is 1. The average Bonchev–Trinajstić information content (AvgIpc) is 3.31. The molecule has 3 amide bonds. The standard InChI is InChI=1S/C28H27N3O4/c1-35-20-12-13-23-18(15-20)7-6-14-28(23)26(33)31(27(34)29-28)17-19(32)16-30-24-10-4-2-8-21(24)22-9-3-5-11-25(22)30/h2-5,8-13,15,19,32H,6-7,14,16-17H2,1H3,(H,29,34). The number of ether oxygens (including phenoxy) is 1. The maximum absolute atomic E-state index is 13.7. The van der Waals surface area contributed by atoms with E-state index in [1.165, 1.54) is 4.90 Å². The van der Waals surface area contributed by atoms with Gasteiger partial charge in [-0.1, -0.05) is 42.5 Å². The molecule has 2 N–H and O–H groups in total. The number of para-hydroxylation sites is 2. The first-order valence-electron chi connectivity index (χ1n) is 12.0. The minimum Gasteiger partial charge on any atom is -0.497 e. The number of aromatic nitrogens is 1. The second-order valence-corrected chi connectivity index (χ2v) is 9.43. The number of nitrogens with one attached hydrogen (secondary N) is 1. The van der Waals surface area contributed by atoms with Crippen LogP contribution in [0.25, 0.3) is 21.8 Å². The number of urea groups is 1. The second kappa shape index (κ2) is 8.13. The van der Waals surface area contributed by atoms with Gasteiger partial charge in [-0.2, -0.15) is 0 Å². The molecule has 1 saturated heterocycles. The minimum absolute atomic E-state index is 0.0707. The Morgan fingerprint density at radius 3 is 2.37 bits per heavy atom. The number of amides is 3. The average molecular weight is 470 g/mol. The van der Waals surface area contributed by atoms with Crippen LogP contribution in [0, 0.1) is 0 Å². The van der Waals surface area contributed by atoms with Crippen molar-refractivity contribution >= 4 is 33.7 Å². The molecule has 1 aliphatic heterocycles. The number of methoxy groups -OCH3 is 1. The summed E-state index contributed by atoms with van der Waals surface area (Å²) < 4.78 is 7.41. The number of benzene rings is 3. The van der Waals surface area contributed by atoms with Crippen LogP contribution in [0.4, 0.5) is 4.79 Å². The molecule has 178 valence electrons. The third-order valence-electron chi connectivity index (χ3n) is 7.41. The number of rotatable bonds is 5. The van der Waals surface area contributed by atoms with Gasteiger partial charge in [0, 0.05) is 21.8 Å². The molecule has 0 bridgehead atoms. The Labute approximate surface area is 202 Å². The van der Waals surface area contributed by atoms with Crippen molar-refractivity contribution < 1.29 is 19.4 Å². The fraction of sp³-hybridized carbons (Fsp3) is 0.286. The molecule has 4 aromatic rings. The molecular formula is C28H27N3O4. The largest absolute Gasteiger partial charge is 0.497 e. The van der Waals surface area contributed by atoms with E-state index in [0.29, 0.717) is 6.42 Å². The first kappa shape index (κ1) is 21.7. The molecule has 1 fully saturated rings. The normalized spacial score (nSPS) is 20.5. The third-order valence-corrected chi connectivity index (χ3v) is 7.41. The van der Waals surface area contributed by atoms with Gasteiger partial charge in [0.05, 0.1) is 26.3 Å². The van der Waals surface area contributed by atoms with E-state index in [9.17, 15) is 14.7 Å². The van der Waals surface area contributed by atoms with Crippen LogP contribution in [0.3, 0.4) is 0 Å². The van der Waals surface area contributed by atoms with Crippen LogP contribution in [0.5, 0.6) is 5.75 Å². The van der Waals surface area contributed by atoms with Gasteiger partial charge in [0.25, 0.3) is 5.91 Å². The van der Waals surface area contributed by atoms with Crippen LogP contribution in [-0.4, -0.2) is 46.3 Å². The first-order valence-corrected chi connectivity index (χ1v) is 12.0. The predicted molar refractivity (Wildman–Crippen MR) is 133 cm³/mol. The zero-order valence-corrected chi connectivity index (χ0v) is 19.5. The number of nitrogens with zero attached hydrogens (tertiary/aromatic N) is 2. The lowest BCUT2D eigenvalue weighted by Gasteiger charge is -2.33. The van der Waals surface area contributed by atoms with E-state index < -0.39 is 17.7 Å². The summed E-state index contributed by atoms with van der Waals surface area (Å²) in [6.07, 6.45) is 1.23. The summed E-state index contributed by atoms with van der Waals surface area (Å²) in [5, 5.41) is 16.3. The van der Waals surface area contributed by atoms with E-state index in [1.807, 2.05) is 54.6 Å². The highest BCUT2D eigenvalue weighted by molar-refractivity contribution is 6.08. The van der Waals surface area contributed by atoms with Crippen LogP contribution in [0.1, 0.15) is 24.0 Å². The number of carbonyl (C=O) groups is 2. The quantitative estimate of drug-likeness (QED) is 0.434. The summed E-state index contributed by atoms with van der Waals surface area (Å²) in [6, 6.07) is 21.3. The molecule has 0 radical (unpaired) electrons. The lowest BCUT2D eigenvalue weighted by atomic mass is 9.76. The highest BCUT2D eigenvalue weighted by Crippen LogP contribution is 2.41. The van der Waals surface area contributed by atoms with Gasteiger partial charge < -0.3 is 19.7 Å². The summed E-state index contributed by atoms with van der Waals surface area (Å²) in [4.78, 5) is 27.8. The number of aliphatic hydroxyl groups excluding tert-OH is 1. The van der Waals surface area contributed by atoms with Gasteiger partial charge in [-0.3, -0.25) is 9.69 Å². The summed E-state index contributed by atoms with van der Waals surface area (Å²) in [5.74, 6) is 0.436. The molecule has 7 nitrogen and oxygen atoms in total. The molecule has 2 unspecified atom stereocenters. The molecule has 2 atom stereocenters. The van der Waals surface area contributed by atoms with Gasteiger partial charge in [-0.25, -0.2) is 4.79 Å². The summed E-state index contributed by atoms with van der Waals surface area (Å²) in [7, 11) is 1.61. The van der Waals surface area contributed by atoms with Gasteiger partial charge >= 0.3 is 6.03 Å². The summed E-state index contributed by atoms with van der Waals surface area (Å²) in [5.41, 5.74) is 2.77. The molecule has 0 saturated carbocycles. The van der Waals surface area contributed by atoms with Gasteiger partial charge in [-0.15, -0.1) is 0 Å². The van der Waals surface area contributed by atoms with Crippen molar-refractivity contribution in [1.29, 1.82) is 0 Å². The van der Waals surface area contributed by atoms with Crippen molar-refractivity contribution in [3.8, 4) is 5.75 Å². The van der Waals surface area contributed by atoms with E-state index in [1.54, 1.807) is 7.11 Å². The Bertz CT molecular complexity index is 1420. The van der Waals surface area contributed by atoms with E-state index in [-0.39, 0.29) is 19.0 Å². The van der Waals surface area contributed by atoms with Crippen LogP contribution in [0.15, 0.2) is 66.7 Å². The number of fused-ring (bicyclic) bond motifs is 5. The van der Waals surface area contributed by atoms with Crippen molar-refractivity contribution in [2.24, 2.45) is 0 Å². The van der Waals surface area contributed by atoms with E-state index in [0.717, 1.165) is 51.5 Å². The molecular weight excluding hydrogens is 442 g/mol. The predicted octanol–water partition coefficient (Wildman–Crippen LogP) is 3.95. The zero-order chi connectivity index (χ0) is 24.2. The number of aliphatic hydroxyl groups is 1. The van der Waals surface area contributed by atoms with Gasteiger partial charge in [0.1, 0.15) is 11.3 Å². The molecule has 2 heterocycles.